The Morgan fingerprint density at radius 3 is 2.24 bits per heavy atom. The number of carbonyl (C=O) groups is 3. The summed E-state index contributed by atoms with van der Waals surface area (Å²) in [6.45, 7) is 5.21. The standard InChI is InChI=1S/C15H17NO5/c1-7-4-5-8(13(18)19)6-9(7)16-12(17)10-11(14(20)21)15(10,2)3/h4-6,10-11H,1-3H3,(H,16,17)(H,18,19)(H,20,21)/t10-,11+/m1/s1. The molecule has 2 rings (SSSR count). The molecule has 6 nitrogen and oxygen atoms in total. The summed E-state index contributed by atoms with van der Waals surface area (Å²) in [7, 11) is 0. The first-order valence-electron chi connectivity index (χ1n) is 6.54. The molecule has 0 bridgehead atoms. The van der Waals surface area contributed by atoms with Crippen LogP contribution in [0.4, 0.5) is 5.69 Å². The number of rotatable bonds is 4. The van der Waals surface area contributed by atoms with E-state index in [1.807, 2.05) is 0 Å². The van der Waals surface area contributed by atoms with Crippen LogP contribution in [0.2, 0.25) is 0 Å². The number of hydrogen-bond donors (Lipinski definition) is 3. The second-order valence-electron chi connectivity index (χ2n) is 5.94. The summed E-state index contributed by atoms with van der Waals surface area (Å²) in [4.78, 5) is 34.3. The number of aryl methyl sites for hydroxylation is 1. The molecule has 0 radical (unpaired) electrons. The van der Waals surface area contributed by atoms with Crippen LogP contribution in [0, 0.1) is 24.2 Å². The highest BCUT2D eigenvalue weighted by Gasteiger charge is 2.65. The van der Waals surface area contributed by atoms with Crippen LogP contribution in [-0.4, -0.2) is 28.1 Å². The maximum absolute atomic E-state index is 12.2. The van der Waals surface area contributed by atoms with Gasteiger partial charge in [0.1, 0.15) is 0 Å². The van der Waals surface area contributed by atoms with E-state index in [-0.39, 0.29) is 5.56 Å². The fourth-order valence-corrected chi connectivity index (χ4v) is 2.69. The maximum Gasteiger partial charge on any atom is 0.335 e. The fourth-order valence-electron chi connectivity index (χ4n) is 2.69. The van der Waals surface area contributed by atoms with Crippen LogP contribution in [0.25, 0.3) is 0 Å². The Morgan fingerprint density at radius 2 is 1.76 bits per heavy atom. The zero-order valence-corrected chi connectivity index (χ0v) is 12.0. The number of benzene rings is 1. The molecule has 2 atom stereocenters. The summed E-state index contributed by atoms with van der Waals surface area (Å²) in [5.41, 5.74) is 0.597. The lowest BCUT2D eigenvalue weighted by molar-refractivity contribution is -0.140. The van der Waals surface area contributed by atoms with E-state index in [4.69, 9.17) is 10.2 Å². The molecule has 1 fully saturated rings. The lowest BCUT2D eigenvalue weighted by Crippen LogP contribution is -2.18. The van der Waals surface area contributed by atoms with Gasteiger partial charge in [0.05, 0.1) is 17.4 Å². The van der Waals surface area contributed by atoms with E-state index in [0.717, 1.165) is 5.56 Å². The second-order valence-corrected chi connectivity index (χ2v) is 5.94. The van der Waals surface area contributed by atoms with Crippen LogP contribution in [0.15, 0.2) is 18.2 Å². The normalized spacial score (nSPS) is 22.4. The van der Waals surface area contributed by atoms with E-state index in [2.05, 4.69) is 5.32 Å². The summed E-state index contributed by atoms with van der Waals surface area (Å²) in [5.74, 6) is -3.78. The summed E-state index contributed by atoms with van der Waals surface area (Å²) in [6, 6.07) is 4.43. The third-order valence-electron chi connectivity index (χ3n) is 4.12. The van der Waals surface area contributed by atoms with Crippen molar-refractivity contribution in [3.05, 3.63) is 29.3 Å². The molecule has 112 valence electrons. The van der Waals surface area contributed by atoms with Crippen molar-refractivity contribution in [2.45, 2.75) is 20.8 Å². The third-order valence-corrected chi connectivity index (χ3v) is 4.12. The Bertz CT molecular complexity index is 635. The van der Waals surface area contributed by atoms with E-state index in [0.29, 0.717) is 5.69 Å². The highest BCUT2D eigenvalue weighted by atomic mass is 16.4. The SMILES string of the molecule is Cc1ccc(C(=O)O)cc1NC(=O)[C@H]1[C@@H](C(=O)O)C1(C)C. The molecule has 1 aromatic carbocycles. The molecule has 0 unspecified atom stereocenters. The molecule has 1 saturated carbocycles. The van der Waals surface area contributed by atoms with Crippen LogP contribution in [0.5, 0.6) is 0 Å². The highest BCUT2D eigenvalue weighted by molar-refractivity contribution is 6.01. The molecular formula is C15H17NO5. The Morgan fingerprint density at radius 1 is 1.14 bits per heavy atom. The number of carboxylic acid groups (broad SMARTS) is 2. The minimum absolute atomic E-state index is 0.0701. The van der Waals surface area contributed by atoms with Gasteiger partial charge in [0.15, 0.2) is 0 Å². The summed E-state index contributed by atoms with van der Waals surface area (Å²) in [6.07, 6.45) is 0. The smallest absolute Gasteiger partial charge is 0.335 e. The van der Waals surface area contributed by atoms with Gasteiger partial charge in [-0.3, -0.25) is 9.59 Å². The zero-order valence-electron chi connectivity index (χ0n) is 12.0. The molecule has 21 heavy (non-hydrogen) atoms. The summed E-state index contributed by atoms with van der Waals surface area (Å²) in [5, 5.41) is 20.7. The van der Waals surface area contributed by atoms with E-state index in [9.17, 15) is 14.4 Å². The Kier molecular flexibility index (Phi) is 3.49. The minimum Gasteiger partial charge on any atom is -0.481 e. The molecule has 0 saturated heterocycles. The Hall–Kier alpha value is -2.37. The molecule has 1 aliphatic carbocycles. The largest absolute Gasteiger partial charge is 0.481 e. The first-order chi connectivity index (χ1) is 9.66. The van der Waals surface area contributed by atoms with Gasteiger partial charge in [-0.1, -0.05) is 19.9 Å². The molecular weight excluding hydrogens is 274 g/mol. The van der Waals surface area contributed by atoms with Gasteiger partial charge < -0.3 is 15.5 Å². The summed E-state index contributed by atoms with van der Waals surface area (Å²) >= 11 is 0. The molecule has 0 aromatic heterocycles. The molecule has 1 amide bonds. The topological polar surface area (TPSA) is 104 Å². The van der Waals surface area contributed by atoms with E-state index >= 15 is 0 Å². The van der Waals surface area contributed by atoms with Crippen LogP contribution >= 0.6 is 0 Å². The number of hydrogen-bond acceptors (Lipinski definition) is 3. The lowest BCUT2D eigenvalue weighted by atomic mass is 10.1. The molecule has 0 spiro atoms. The van der Waals surface area contributed by atoms with Gasteiger partial charge in [0.25, 0.3) is 0 Å². The number of carbonyl (C=O) groups excluding carboxylic acids is 1. The maximum atomic E-state index is 12.2. The third kappa shape index (κ3) is 2.61. The van der Waals surface area contributed by atoms with Crippen LogP contribution in [0.1, 0.15) is 29.8 Å². The van der Waals surface area contributed by atoms with E-state index in [1.54, 1.807) is 26.8 Å². The van der Waals surface area contributed by atoms with Crippen molar-refractivity contribution in [1.29, 1.82) is 0 Å². The molecule has 6 heteroatoms. The molecule has 3 N–H and O–H groups in total. The number of nitrogens with one attached hydrogen (secondary N) is 1. The van der Waals surface area contributed by atoms with Gasteiger partial charge in [-0.15, -0.1) is 0 Å². The van der Waals surface area contributed by atoms with E-state index in [1.165, 1.54) is 12.1 Å². The van der Waals surface area contributed by atoms with Crippen molar-refractivity contribution in [3.8, 4) is 0 Å². The van der Waals surface area contributed by atoms with Gasteiger partial charge in [0.2, 0.25) is 5.91 Å². The average molecular weight is 291 g/mol. The van der Waals surface area contributed by atoms with Gasteiger partial charge in [0, 0.05) is 5.69 Å². The van der Waals surface area contributed by atoms with Crippen molar-refractivity contribution in [2.75, 3.05) is 5.32 Å². The number of carboxylic acids is 2. The van der Waals surface area contributed by atoms with Crippen molar-refractivity contribution in [1.82, 2.24) is 0 Å². The first-order valence-corrected chi connectivity index (χ1v) is 6.54. The average Bonchev–Trinajstić information content (AvgIpc) is 2.95. The first kappa shape index (κ1) is 15.0. The highest BCUT2D eigenvalue weighted by Crippen LogP contribution is 2.58. The quantitative estimate of drug-likeness (QED) is 0.787. The number of anilines is 1. The van der Waals surface area contributed by atoms with Crippen LogP contribution in [0.3, 0.4) is 0 Å². The predicted octanol–water partition coefficient (Wildman–Crippen LogP) is 1.99. The lowest BCUT2D eigenvalue weighted by Gasteiger charge is -2.10. The predicted molar refractivity (Wildman–Crippen MR) is 75.2 cm³/mol. The molecule has 0 heterocycles. The number of aromatic carboxylic acids is 1. The molecule has 0 aliphatic heterocycles. The van der Waals surface area contributed by atoms with Crippen molar-refractivity contribution in [2.24, 2.45) is 17.3 Å². The Labute approximate surface area is 121 Å². The van der Waals surface area contributed by atoms with Gasteiger partial charge in [-0.05, 0) is 30.0 Å². The van der Waals surface area contributed by atoms with Gasteiger partial charge in [-0.25, -0.2) is 4.79 Å². The monoisotopic (exact) mass is 291 g/mol. The minimum atomic E-state index is -1.08. The molecule has 1 aromatic rings. The fraction of sp³-hybridized carbons (Fsp3) is 0.400. The van der Waals surface area contributed by atoms with E-state index < -0.39 is 35.1 Å². The van der Waals surface area contributed by atoms with Crippen molar-refractivity contribution >= 4 is 23.5 Å². The second kappa shape index (κ2) is 4.87. The van der Waals surface area contributed by atoms with Crippen molar-refractivity contribution < 1.29 is 24.6 Å². The number of aliphatic carboxylic acids is 1. The van der Waals surface area contributed by atoms with Gasteiger partial charge in [-0.2, -0.15) is 0 Å². The van der Waals surface area contributed by atoms with Crippen LogP contribution < -0.4 is 5.32 Å². The summed E-state index contributed by atoms with van der Waals surface area (Å²) < 4.78 is 0. The van der Waals surface area contributed by atoms with Crippen LogP contribution in [-0.2, 0) is 9.59 Å². The Balaban J connectivity index is 2.20. The molecule has 1 aliphatic rings. The number of amides is 1. The van der Waals surface area contributed by atoms with Gasteiger partial charge >= 0.3 is 11.9 Å². The zero-order chi connectivity index (χ0) is 15.9. The van der Waals surface area contributed by atoms with Crippen molar-refractivity contribution in [3.63, 3.8) is 0 Å².